The Balaban J connectivity index is 1.41. The van der Waals surface area contributed by atoms with Crippen LogP contribution in [-0.2, 0) is 19.3 Å². The standard InChI is InChI=1S/C42H39ClSi/c1-31-25-40(22-19-37(31)28-34-13-7-4-8-14-34)44(43,41-23-20-38(32(2)26-41)29-35-15-9-5-10-16-35)42-24-21-39(33(3)27-42)30-36-17-11-6-12-18-36/h4-27H,28-30H2,1-3H3. The van der Waals surface area contributed by atoms with E-state index in [0.717, 1.165) is 19.3 Å². The first-order valence-corrected chi connectivity index (χ1v) is 18.5. The van der Waals surface area contributed by atoms with Crippen molar-refractivity contribution in [2.75, 3.05) is 0 Å². The molecule has 6 aromatic rings. The molecule has 0 fully saturated rings. The molecule has 0 aliphatic carbocycles. The summed E-state index contributed by atoms with van der Waals surface area (Å²) in [5.41, 5.74) is 11.9. The van der Waals surface area contributed by atoms with Gasteiger partial charge >= 0.3 is 0 Å². The molecular weight excluding hydrogens is 568 g/mol. The second-order valence-electron chi connectivity index (χ2n) is 12.1. The minimum Gasteiger partial charge on any atom is -0.149 e. The molecule has 0 aliphatic heterocycles. The molecule has 0 N–H and O–H groups in total. The Morgan fingerprint density at radius 1 is 0.386 bits per heavy atom. The highest BCUT2D eigenvalue weighted by molar-refractivity contribution is 7.40. The van der Waals surface area contributed by atoms with E-state index in [2.05, 4.69) is 166 Å². The molecule has 0 saturated heterocycles. The fraction of sp³-hybridized carbons (Fsp3) is 0.143. The van der Waals surface area contributed by atoms with Gasteiger partial charge in [0.25, 0.3) is 0 Å². The van der Waals surface area contributed by atoms with Crippen molar-refractivity contribution >= 4 is 34.0 Å². The first-order chi connectivity index (χ1) is 21.4. The highest BCUT2D eigenvalue weighted by Crippen LogP contribution is 2.22. The van der Waals surface area contributed by atoms with Crippen LogP contribution in [0.1, 0.15) is 50.1 Å². The maximum absolute atomic E-state index is 8.11. The minimum atomic E-state index is -2.84. The zero-order valence-corrected chi connectivity index (χ0v) is 27.6. The van der Waals surface area contributed by atoms with Gasteiger partial charge in [-0.25, -0.2) is 0 Å². The number of aryl methyl sites for hydroxylation is 3. The van der Waals surface area contributed by atoms with E-state index in [0.29, 0.717) is 0 Å². The van der Waals surface area contributed by atoms with Crippen molar-refractivity contribution in [3.05, 3.63) is 196 Å². The molecule has 0 radical (unpaired) electrons. The van der Waals surface area contributed by atoms with Gasteiger partial charge in [0.2, 0.25) is 7.38 Å². The summed E-state index contributed by atoms with van der Waals surface area (Å²) in [4.78, 5) is 0. The molecule has 6 aromatic carbocycles. The maximum atomic E-state index is 8.11. The van der Waals surface area contributed by atoms with Crippen molar-refractivity contribution in [1.29, 1.82) is 0 Å². The van der Waals surface area contributed by atoms with Crippen LogP contribution in [0.25, 0.3) is 0 Å². The largest absolute Gasteiger partial charge is 0.247 e. The summed E-state index contributed by atoms with van der Waals surface area (Å²) in [6, 6.07) is 53.0. The summed E-state index contributed by atoms with van der Waals surface area (Å²) < 4.78 is 0. The van der Waals surface area contributed by atoms with Gasteiger partial charge in [-0.15, -0.1) is 11.1 Å². The molecule has 0 nitrogen and oxygen atoms in total. The third kappa shape index (κ3) is 6.50. The molecular formula is C42H39ClSi. The molecule has 44 heavy (non-hydrogen) atoms. The monoisotopic (exact) mass is 606 g/mol. The molecule has 0 aromatic heterocycles. The lowest BCUT2D eigenvalue weighted by atomic mass is 10.0. The minimum absolute atomic E-state index is 0.921. The van der Waals surface area contributed by atoms with Crippen LogP contribution >= 0.6 is 11.1 Å². The molecule has 0 heterocycles. The van der Waals surface area contributed by atoms with Crippen LogP contribution < -0.4 is 15.6 Å². The Labute approximate surface area is 268 Å². The number of hydrogen-bond acceptors (Lipinski definition) is 0. The average molecular weight is 607 g/mol. The topological polar surface area (TPSA) is 0 Å². The van der Waals surface area contributed by atoms with E-state index in [1.807, 2.05) is 0 Å². The van der Waals surface area contributed by atoms with Gasteiger partial charge in [0.15, 0.2) is 0 Å². The molecule has 0 spiro atoms. The quantitative estimate of drug-likeness (QED) is 0.0878. The van der Waals surface area contributed by atoms with E-state index >= 15 is 0 Å². The van der Waals surface area contributed by atoms with Crippen LogP contribution in [0, 0.1) is 20.8 Å². The van der Waals surface area contributed by atoms with Crippen molar-refractivity contribution in [3.8, 4) is 0 Å². The van der Waals surface area contributed by atoms with Gasteiger partial charge in [-0.1, -0.05) is 146 Å². The molecule has 218 valence electrons. The zero-order chi connectivity index (χ0) is 30.5. The zero-order valence-electron chi connectivity index (χ0n) is 25.9. The van der Waals surface area contributed by atoms with E-state index in [-0.39, 0.29) is 0 Å². The number of rotatable bonds is 9. The SMILES string of the molecule is Cc1cc([Si](Cl)(c2ccc(Cc3ccccc3)c(C)c2)c2ccc(Cc3ccccc3)c(C)c2)ccc1Cc1ccccc1. The fourth-order valence-electron chi connectivity index (χ4n) is 6.27. The molecule has 6 rings (SSSR count). The lowest BCUT2D eigenvalue weighted by Crippen LogP contribution is -2.63. The van der Waals surface area contributed by atoms with Crippen LogP contribution in [0.2, 0.25) is 0 Å². The van der Waals surface area contributed by atoms with E-state index in [4.69, 9.17) is 11.1 Å². The second kappa shape index (κ2) is 13.2. The molecule has 0 bridgehead atoms. The van der Waals surface area contributed by atoms with Gasteiger partial charge in [-0.05, 0) is 106 Å². The Morgan fingerprint density at radius 3 is 0.909 bits per heavy atom. The molecule has 0 amide bonds. The summed E-state index contributed by atoms with van der Waals surface area (Å²) in [7, 11) is -2.84. The summed E-state index contributed by atoms with van der Waals surface area (Å²) in [5.74, 6) is 0. The Hall–Kier alpha value is -4.17. The first-order valence-electron chi connectivity index (χ1n) is 15.5. The highest BCUT2D eigenvalue weighted by atomic mass is 35.6. The van der Waals surface area contributed by atoms with Crippen molar-refractivity contribution in [2.24, 2.45) is 0 Å². The van der Waals surface area contributed by atoms with Gasteiger partial charge in [0.05, 0.1) is 0 Å². The third-order valence-corrected chi connectivity index (χ3v) is 14.2. The lowest BCUT2D eigenvalue weighted by molar-refractivity contribution is 1.16. The van der Waals surface area contributed by atoms with Crippen molar-refractivity contribution in [3.63, 3.8) is 0 Å². The van der Waals surface area contributed by atoms with Crippen LogP contribution in [0.5, 0.6) is 0 Å². The van der Waals surface area contributed by atoms with Gasteiger partial charge in [-0.3, -0.25) is 0 Å². The van der Waals surface area contributed by atoms with Crippen LogP contribution in [0.3, 0.4) is 0 Å². The number of benzene rings is 6. The van der Waals surface area contributed by atoms with Gasteiger partial charge in [-0.2, -0.15) is 0 Å². The van der Waals surface area contributed by atoms with E-state index < -0.39 is 7.38 Å². The van der Waals surface area contributed by atoms with Crippen LogP contribution in [-0.4, -0.2) is 7.38 Å². The predicted octanol–water partition coefficient (Wildman–Crippen LogP) is 8.59. The molecule has 0 saturated carbocycles. The molecule has 0 aliphatic rings. The average Bonchev–Trinajstić information content (AvgIpc) is 3.05. The maximum Gasteiger partial charge on any atom is 0.247 e. The van der Waals surface area contributed by atoms with Crippen molar-refractivity contribution in [2.45, 2.75) is 40.0 Å². The fourth-order valence-corrected chi connectivity index (χ4v) is 10.5. The Morgan fingerprint density at radius 2 is 0.659 bits per heavy atom. The first kappa shape index (κ1) is 29.9. The van der Waals surface area contributed by atoms with E-state index in [9.17, 15) is 0 Å². The molecule has 2 heteroatoms. The van der Waals surface area contributed by atoms with E-state index in [1.165, 1.54) is 65.6 Å². The van der Waals surface area contributed by atoms with Crippen LogP contribution in [0.4, 0.5) is 0 Å². The molecule has 0 unspecified atom stereocenters. The van der Waals surface area contributed by atoms with Crippen molar-refractivity contribution in [1.82, 2.24) is 0 Å². The van der Waals surface area contributed by atoms with Gasteiger partial charge in [0.1, 0.15) is 0 Å². The van der Waals surface area contributed by atoms with Crippen LogP contribution in [0.15, 0.2) is 146 Å². The summed E-state index contributed by atoms with van der Waals surface area (Å²) in [6.07, 6.45) is 2.76. The van der Waals surface area contributed by atoms with Gasteiger partial charge in [0, 0.05) is 0 Å². The number of halogens is 1. The molecule has 0 atom stereocenters. The summed E-state index contributed by atoms with van der Waals surface area (Å²) in [6.45, 7) is 6.70. The van der Waals surface area contributed by atoms with E-state index in [1.54, 1.807) is 0 Å². The summed E-state index contributed by atoms with van der Waals surface area (Å²) >= 11 is 8.11. The lowest BCUT2D eigenvalue weighted by Gasteiger charge is -2.29. The Bertz CT molecular complexity index is 1640. The summed E-state index contributed by atoms with van der Waals surface area (Å²) in [5, 5.41) is 3.71. The normalized spacial score (nSPS) is 11.5. The smallest absolute Gasteiger partial charge is 0.149 e. The predicted molar refractivity (Wildman–Crippen MR) is 192 cm³/mol. The number of hydrogen-bond donors (Lipinski definition) is 0. The third-order valence-electron chi connectivity index (χ3n) is 8.93. The Kier molecular flexibility index (Phi) is 8.98. The second-order valence-corrected chi connectivity index (χ2v) is 16.8. The highest BCUT2D eigenvalue weighted by Gasteiger charge is 2.39. The van der Waals surface area contributed by atoms with Crippen molar-refractivity contribution < 1.29 is 0 Å². The van der Waals surface area contributed by atoms with Gasteiger partial charge < -0.3 is 0 Å².